The molecule has 0 aliphatic rings. The van der Waals surface area contributed by atoms with E-state index in [1.54, 1.807) is 0 Å². The van der Waals surface area contributed by atoms with E-state index in [4.69, 9.17) is 28.2 Å². The molecule has 5 rings (SSSR count). The van der Waals surface area contributed by atoms with Crippen molar-refractivity contribution in [3.63, 3.8) is 0 Å². The van der Waals surface area contributed by atoms with Gasteiger partial charge in [-0.15, -0.1) is 0 Å². The maximum atomic E-state index is 6.27. The second-order valence-electron chi connectivity index (χ2n) is 6.72. The summed E-state index contributed by atoms with van der Waals surface area (Å²) < 4.78 is 0. The molecule has 0 radical (unpaired) electrons. The van der Waals surface area contributed by atoms with Crippen molar-refractivity contribution in [2.24, 2.45) is 0 Å². The summed E-state index contributed by atoms with van der Waals surface area (Å²) in [5, 5.41) is 7.46. The summed E-state index contributed by atoms with van der Waals surface area (Å²) in [6.07, 6.45) is 1.85. The number of fused-ring (bicyclic) bond motifs is 3. The average Bonchev–Trinajstić information content (AvgIpc) is 2.76. The minimum Gasteiger partial charge on any atom is -0.324 e. The monoisotopic (exact) mass is 415 g/mol. The molecule has 0 aliphatic heterocycles. The van der Waals surface area contributed by atoms with Crippen LogP contribution >= 0.6 is 23.2 Å². The normalized spacial score (nSPS) is 11.1. The number of aromatic nitrogens is 2. The summed E-state index contributed by atoms with van der Waals surface area (Å²) in [5.74, 6) is 0.566. The highest BCUT2D eigenvalue weighted by molar-refractivity contribution is 6.42. The Morgan fingerprint density at radius 2 is 1.48 bits per heavy atom. The molecular formula is C24H15Cl2N3. The van der Waals surface area contributed by atoms with Gasteiger partial charge in [0.05, 0.1) is 15.6 Å². The second-order valence-corrected chi connectivity index (χ2v) is 7.54. The van der Waals surface area contributed by atoms with E-state index in [1.807, 2.05) is 66.9 Å². The van der Waals surface area contributed by atoms with Gasteiger partial charge in [-0.3, -0.25) is 0 Å². The van der Waals surface area contributed by atoms with Gasteiger partial charge in [0.1, 0.15) is 0 Å². The van der Waals surface area contributed by atoms with Gasteiger partial charge in [0, 0.05) is 22.7 Å². The lowest BCUT2D eigenvalue weighted by atomic mass is 9.96. The summed E-state index contributed by atoms with van der Waals surface area (Å²) in [6.45, 7) is 0. The Kier molecular flexibility index (Phi) is 4.55. The number of hydrogen-bond acceptors (Lipinski definition) is 3. The fourth-order valence-electron chi connectivity index (χ4n) is 3.48. The Bertz CT molecular complexity index is 1350. The molecule has 0 fully saturated rings. The van der Waals surface area contributed by atoms with Crippen LogP contribution in [0.2, 0.25) is 10.0 Å². The van der Waals surface area contributed by atoms with E-state index in [-0.39, 0.29) is 0 Å². The highest BCUT2D eigenvalue weighted by atomic mass is 35.5. The number of nitrogens with one attached hydrogen (secondary N) is 1. The van der Waals surface area contributed by atoms with Gasteiger partial charge in [-0.25, -0.2) is 9.97 Å². The molecule has 4 aromatic carbocycles. The van der Waals surface area contributed by atoms with Crippen LogP contribution < -0.4 is 5.32 Å². The number of halogens is 2. The van der Waals surface area contributed by atoms with E-state index in [1.165, 1.54) is 0 Å². The molecule has 3 nitrogen and oxygen atoms in total. The number of para-hydroxylation sites is 1. The molecule has 140 valence electrons. The van der Waals surface area contributed by atoms with Crippen LogP contribution in [0.15, 0.2) is 85.1 Å². The Hall–Kier alpha value is -3.14. The van der Waals surface area contributed by atoms with Crippen molar-refractivity contribution in [3.05, 3.63) is 95.1 Å². The van der Waals surface area contributed by atoms with E-state index < -0.39 is 0 Å². The smallest absolute Gasteiger partial charge is 0.227 e. The molecule has 0 atom stereocenters. The van der Waals surface area contributed by atoms with Gasteiger partial charge >= 0.3 is 0 Å². The van der Waals surface area contributed by atoms with E-state index in [0.29, 0.717) is 16.0 Å². The number of rotatable bonds is 3. The van der Waals surface area contributed by atoms with E-state index >= 15 is 0 Å². The van der Waals surface area contributed by atoms with Crippen molar-refractivity contribution in [2.75, 3.05) is 5.32 Å². The van der Waals surface area contributed by atoms with Crippen LogP contribution in [0.5, 0.6) is 0 Å². The van der Waals surface area contributed by atoms with Crippen LogP contribution in [0, 0.1) is 0 Å². The molecule has 0 bridgehead atoms. The second kappa shape index (κ2) is 7.36. The Balaban J connectivity index is 1.70. The van der Waals surface area contributed by atoms with Crippen molar-refractivity contribution in [2.45, 2.75) is 0 Å². The number of benzene rings is 4. The van der Waals surface area contributed by atoms with E-state index in [9.17, 15) is 0 Å². The number of nitrogens with zero attached hydrogens (tertiary/aromatic N) is 2. The summed E-state index contributed by atoms with van der Waals surface area (Å²) >= 11 is 12.4. The zero-order valence-electron chi connectivity index (χ0n) is 15.2. The molecule has 5 aromatic rings. The van der Waals surface area contributed by atoms with Crippen LogP contribution in [0.1, 0.15) is 0 Å². The molecule has 0 saturated heterocycles. The third-order valence-corrected chi connectivity index (χ3v) is 5.59. The quantitative estimate of drug-likeness (QED) is 0.310. The van der Waals surface area contributed by atoms with Crippen molar-refractivity contribution >= 4 is 56.5 Å². The topological polar surface area (TPSA) is 37.8 Å². The first kappa shape index (κ1) is 17.9. The van der Waals surface area contributed by atoms with Gasteiger partial charge in [-0.05, 0) is 46.8 Å². The van der Waals surface area contributed by atoms with Gasteiger partial charge in [0.15, 0.2) is 0 Å². The van der Waals surface area contributed by atoms with Crippen LogP contribution in [0.25, 0.3) is 32.8 Å². The first-order valence-corrected chi connectivity index (χ1v) is 9.91. The maximum Gasteiger partial charge on any atom is 0.227 e. The fourth-order valence-corrected chi connectivity index (χ4v) is 3.78. The minimum atomic E-state index is 0.534. The summed E-state index contributed by atoms with van der Waals surface area (Å²) in [4.78, 5) is 9.30. The molecule has 0 spiro atoms. The summed E-state index contributed by atoms with van der Waals surface area (Å²) in [7, 11) is 0. The van der Waals surface area contributed by atoms with Crippen LogP contribution in [0.3, 0.4) is 0 Å². The minimum absolute atomic E-state index is 0.534. The van der Waals surface area contributed by atoms with Crippen LogP contribution in [0.4, 0.5) is 11.6 Å². The molecule has 1 heterocycles. The predicted octanol–water partition coefficient (Wildman–Crippen LogP) is 7.50. The lowest BCUT2D eigenvalue weighted by Gasteiger charge is -2.12. The first-order valence-electron chi connectivity index (χ1n) is 9.15. The van der Waals surface area contributed by atoms with Gasteiger partial charge < -0.3 is 5.32 Å². The van der Waals surface area contributed by atoms with Gasteiger partial charge in [-0.1, -0.05) is 71.7 Å². The van der Waals surface area contributed by atoms with E-state index in [0.717, 1.165) is 38.5 Å². The van der Waals surface area contributed by atoms with Crippen LogP contribution in [-0.4, -0.2) is 9.97 Å². The standard InChI is InChI=1S/C24H15Cl2N3/c25-21-11-10-15(13-22(21)26)20-12-16-14-27-24(28-17-6-2-1-3-7-17)29-23(16)19-9-5-4-8-18(19)20/h1-14H,(H,27,28,29). The Morgan fingerprint density at radius 3 is 2.28 bits per heavy atom. The van der Waals surface area contributed by atoms with Gasteiger partial charge in [0.25, 0.3) is 0 Å². The van der Waals surface area contributed by atoms with Crippen molar-refractivity contribution < 1.29 is 0 Å². The SMILES string of the molecule is Clc1ccc(-c2cc3cnc(Nc4ccccc4)nc3c3ccccc23)cc1Cl. The largest absolute Gasteiger partial charge is 0.324 e. The highest BCUT2D eigenvalue weighted by Gasteiger charge is 2.12. The summed E-state index contributed by atoms with van der Waals surface area (Å²) in [6, 6.07) is 25.9. The van der Waals surface area contributed by atoms with Crippen LogP contribution in [-0.2, 0) is 0 Å². The Labute approximate surface area is 178 Å². The number of anilines is 2. The van der Waals surface area contributed by atoms with Crippen molar-refractivity contribution in [3.8, 4) is 11.1 Å². The zero-order chi connectivity index (χ0) is 19.8. The van der Waals surface area contributed by atoms with E-state index in [2.05, 4.69) is 28.5 Å². The Morgan fingerprint density at radius 1 is 0.724 bits per heavy atom. The predicted molar refractivity (Wildman–Crippen MR) is 122 cm³/mol. The lowest BCUT2D eigenvalue weighted by Crippen LogP contribution is -1.97. The third-order valence-electron chi connectivity index (χ3n) is 4.85. The molecule has 29 heavy (non-hydrogen) atoms. The average molecular weight is 416 g/mol. The molecular weight excluding hydrogens is 401 g/mol. The lowest BCUT2D eigenvalue weighted by molar-refractivity contribution is 1.22. The molecule has 5 heteroatoms. The number of hydrogen-bond donors (Lipinski definition) is 1. The maximum absolute atomic E-state index is 6.27. The van der Waals surface area contributed by atoms with Gasteiger partial charge in [-0.2, -0.15) is 0 Å². The molecule has 1 N–H and O–H groups in total. The molecule has 0 aliphatic carbocycles. The van der Waals surface area contributed by atoms with Crippen molar-refractivity contribution in [1.82, 2.24) is 9.97 Å². The molecule has 0 saturated carbocycles. The first-order chi connectivity index (χ1) is 14.2. The molecule has 1 aromatic heterocycles. The van der Waals surface area contributed by atoms with Gasteiger partial charge in [0.2, 0.25) is 5.95 Å². The molecule has 0 unspecified atom stereocenters. The fraction of sp³-hybridized carbons (Fsp3) is 0. The third kappa shape index (κ3) is 3.39. The molecule has 0 amide bonds. The zero-order valence-corrected chi connectivity index (χ0v) is 16.7. The highest BCUT2D eigenvalue weighted by Crippen LogP contribution is 2.36. The van der Waals surface area contributed by atoms with Crippen molar-refractivity contribution in [1.29, 1.82) is 0 Å². The summed E-state index contributed by atoms with van der Waals surface area (Å²) in [5.41, 5.74) is 3.92.